The van der Waals surface area contributed by atoms with Crippen molar-refractivity contribution in [2.75, 3.05) is 20.8 Å². The Labute approximate surface area is 216 Å². The number of para-hydroxylation sites is 3. The minimum atomic E-state index is -0.514. The molecule has 6 nitrogen and oxygen atoms in total. The van der Waals surface area contributed by atoms with Gasteiger partial charge in [-0.25, -0.2) is 9.40 Å². The Morgan fingerprint density at radius 2 is 1.65 bits per heavy atom. The number of ether oxygens (including phenoxy) is 3. The molecule has 2 aliphatic rings. The second-order valence-electron chi connectivity index (χ2n) is 9.04. The monoisotopic (exact) mass is 500 g/mol. The summed E-state index contributed by atoms with van der Waals surface area (Å²) in [7, 11) is 3.28. The van der Waals surface area contributed by atoms with Crippen LogP contribution in [-0.4, -0.2) is 37.5 Å². The molecule has 0 aromatic heterocycles. The lowest BCUT2D eigenvalue weighted by atomic mass is 9.77. The van der Waals surface area contributed by atoms with Gasteiger partial charge < -0.3 is 14.2 Å². The van der Waals surface area contributed by atoms with Crippen LogP contribution in [0.15, 0.2) is 83.5 Å². The molecular formula is C30H29FN2O4. The third kappa shape index (κ3) is 4.94. The van der Waals surface area contributed by atoms with E-state index in [0.717, 1.165) is 47.4 Å². The molecule has 3 aromatic rings. The van der Waals surface area contributed by atoms with Gasteiger partial charge in [0, 0.05) is 17.0 Å². The van der Waals surface area contributed by atoms with Crippen LogP contribution in [0.2, 0.25) is 0 Å². The van der Waals surface area contributed by atoms with E-state index in [4.69, 9.17) is 19.3 Å². The van der Waals surface area contributed by atoms with Gasteiger partial charge in [0.25, 0.3) is 5.91 Å². The molecule has 0 N–H and O–H groups in total. The normalized spacial score (nSPS) is 19.8. The van der Waals surface area contributed by atoms with Crippen LogP contribution < -0.4 is 14.2 Å². The minimum absolute atomic E-state index is 0.0107. The summed E-state index contributed by atoms with van der Waals surface area (Å²) in [6.07, 6.45) is 4.79. The predicted octanol–water partition coefficient (Wildman–Crippen LogP) is 6.04. The SMILES string of the molecule is COc1ccccc1/C=C1\CCCC2C1=NN(C(=O)COc1ccccc1F)C2c1ccccc1OC. The lowest BCUT2D eigenvalue weighted by Crippen LogP contribution is -2.35. The number of hydrazone groups is 1. The number of carbonyl (C=O) groups is 1. The maximum atomic E-state index is 14.1. The van der Waals surface area contributed by atoms with Crippen molar-refractivity contribution in [3.05, 3.63) is 95.3 Å². The van der Waals surface area contributed by atoms with Gasteiger partial charge in [-0.1, -0.05) is 48.5 Å². The average Bonchev–Trinajstić information content (AvgIpc) is 3.33. The van der Waals surface area contributed by atoms with Crippen molar-refractivity contribution in [3.8, 4) is 17.2 Å². The van der Waals surface area contributed by atoms with E-state index < -0.39 is 5.82 Å². The molecule has 3 aromatic carbocycles. The molecule has 0 spiro atoms. The molecule has 7 heteroatoms. The lowest BCUT2D eigenvalue weighted by Gasteiger charge is -2.30. The largest absolute Gasteiger partial charge is 0.496 e. The summed E-state index contributed by atoms with van der Waals surface area (Å²) < 4.78 is 30.9. The predicted molar refractivity (Wildman–Crippen MR) is 140 cm³/mol. The molecule has 1 aliphatic carbocycles. The highest BCUT2D eigenvalue weighted by molar-refractivity contribution is 6.08. The van der Waals surface area contributed by atoms with Crippen LogP contribution >= 0.6 is 0 Å². The van der Waals surface area contributed by atoms with Crippen LogP contribution in [0, 0.1) is 11.7 Å². The van der Waals surface area contributed by atoms with E-state index in [1.807, 2.05) is 48.5 Å². The van der Waals surface area contributed by atoms with Gasteiger partial charge in [0.1, 0.15) is 11.5 Å². The van der Waals surface area contributed by atoms with Crippen molar-refractivity contribution in [1.29, 1.82) is 0 Å². The minimum Gasteiger partial charge on any atom is -0.496 e. The standard InChI is InChI=1S/C30H29FN2O4/c1-35-25-15-6-3-10-20(25)18-21-11-9-13-23-29(21)32-33(30(23)22-12-4-7-16-26(22)36-2)28(34)19-37-27-17-8-5-14-24(27)31/h3-8,10,12,14-18,23,30H,9,11,13,19H2,1-2H3/b21-18+. The van der Waals surface area contributed by atoms with Crippen molar-refractivity contribution in [2.45, 2.75) is 25.3 Å². The average molecular weight is 501 g/mol. The van der Waals surface area contributed by atoms with Gasteiger partial charge in [-0.05, 0) is 55.2 Å². The number of amides is 1. The summed E-state index contributed by atoms with van der Waals surface area (Å²) in [6.45, 7) is -0.332. The van der Waals surface area contributed by atoms with Gasteiger partial charge in [0.15, 0.2) is 18.2 Å². The highest BCUT2D eigenvalue weighted by Crippen LogP contribution is 2.46. The molecule has 1 heterocycles. The Morgan fingerprint density at radius 1 is 0.973 bits per heavy atom. The molecule has 2 unspecified atom stereocenters. The Balaban J connectivity index is 1.52. The van der Waals surface area contributed by atoms with E-state index in [1.54, 1.807) is 26.4 Å². The quantitative estimate of drug-likeness (QED) is 0.397. The van der Waals surface area contributed by atoms with Crippen molar-refractivity contribution in [2.24, 2.45) is 11.0 Å². The summed E-state index contributed by atoms with van der Waals surface area (Å²) >= 11 is 0. The van der Waals surface area contributed by atoms with E-state index in [9.17, 15) is 9.18 Å². The number of carbonyl (C=O) groups excluding carboxylic acids is 1. The highest BCUT2D eigenvalue weighted by Gasteiger charge is 2.44. The molecule has 5 rings (SSSR count). The first-order valence-electron chi connectivity index (χ1n) is 12.4. The third-order valence-corrected chi connectivity index (χ3v) is 6.87. The van der Waals surface area contributed by atoms with E-state index >= 15 is 0 Å². The molecule has 0 radical (unpaired) electrons. The van der Waals surface area contributed by atoms with Crippen LogP contribution in [0.25, 0.3) is 6.08 Å². The number of rotatable bonds is 7. The zero-order valence-electron chi connectivity index (χ0n) is 20.9. The van der Waals surface area contributed by atoms with Crippen LogP contribution in [0.5, 0.6) is 17.2 Å². The highest BCUT2D eigenvalue weighted by atomic mass is 19.1. The number of hydrogen-bond acceptors (Lipinski definition) is 5. The van der Waals surface area contributed by atoms with Crippen molar-refractivity contribution >= 4 is 17.7 Å². The summed E-state index contributed by atoms with van der Waals surface area (Å²) in [4.78, 5) is 13.5. The fourth-order valence-corrected chi connectivity index (χ4v) is 5.17. The Hall–Kier alpha value is -4.13. The Morgan fingerprint density at radius 3 is 2.41 bits per heavy atom. The summed E-state index contributed by atoms with van der Waals surface area (Å²) in [5.74, 6) is 0.632. The van der Waals surface area contributed by atoms with Crippen molar-refractivity contribution in [1.82, 2.24) is 5.01 Å². The fraction of sp³-hybridized carbons (Fsp3) is 0.267. The van der Waals surface area contributed by atoms with Crippen LogP contribution in [0.1, 0.15) is 36.4 Å². The van der Waals surface area contributed by atoms with Crippen LogP contribution in [0.4, 0.5) is 4.39 Å². The van der Waals surface area contributed by atoms with Gasteiger partial charge in [0.05, 0.1) is 26.0 Å². The van der Waals surface area contributed by atoms with Crippen molar-refractivity contribution < 1.29 is 23.4 Å². The number of methoxy groups -OCH3 is 2. The summed E-state index contributed by atoms with van der Waals surface area (Å²) in [5, 5.41) is 6.37. The molecule has 2 atom stereocenters. The van der Waals surface area contributed by atoms with Gasteiger partial charge in [-0.3, -0.25) is 4.79 Å². The fourth-order valence-electron chi connectivity index (χ4n) is 5.17. The van der Waals surface area contributed by atoms with E-state index in [-0.39, 0.29) is 30.2 Å². The Kier molecular flexibility index (Phi) is 7.21. The van der Waals surface area contributed by atoms with Crippen molar-refractivity contribution in [3.63, 3.8) is 0 Å². The summed E-state index contributed by atoms with van der Waals surface area (Å²) in [6, 6.07) is 21.2. The maximum absolute atomic E-state index is 14.1. The number of hydrogen-bond donors (Lipinski definition) is 0. The summed E-state index contributed by atoms with van der Waals surface area (Å²) in [5.41, 5.74) is 3.80. The number of fused-ring (bicyclic) bond motifs is 1. The van der Waals surface area contributed by atoms with E-state index in [0.29, 0.717) is 5.75 Å². The van der Waals surface area contributed by atoms with Gasteiger partial charge in [0.2, 0.25) is 0 Å². The molecule has 1 aliphatic heterocycles. The Bertz CT molecular complexity index is 1350. The molecule has 0 saturated heterocycles. The second-order valence-corrected chi connectivity index (χ2v) is 9.04. The second kappa shape index (κ2) is 10.9. The van der Waals surface area contributed by atoms with E-state index in [1.165, 1.54) is 17.1 Å². The zero-order valence-corrected chi connectivity index (χ0v) is 20.9. The maximum Gasteiger partial charge on any atom is 0.281 e. The van der Waals surface area contributed by atoms with Gasteiger partial charge >= 0.3 is 0 Å². The van der Waals surface area contributed by atoms with E-state index in [2.05, 4.69) is 6.08 Å². The number of allylic oxidation sites excluding steroid dienone is 1. The smallest absolute Gasteiger partial charge is 0.281 e. The van der Waals surface area contributed by atoms with Gasteiger partial charge in [-0.2, -0.15) is 5.10 Å². The zero-order chi connectivity index (χ0) is 25.8. The molecular weight excluding hydrogens is 471 g/mol. The first-order chi connectivity index (χ1) is 18.1. The van der Waals surface area contributed by atoms with Crippen LogP contribution in [0.3, 0.4) is 0 Å². The number of halogens is 1. The number of nitrogens with zero attached hydrogens (tertiary/aromatic N) is 2. The molecule has 1 fully saturated rings. The van der Waals surface area contributed by atoms with Gasteiger partial charge in [-0.15, -0.1) is 0 Å². The molecule has 1 saturated carbocycles. The topological polar surface area (TPSA) is 60.4 Å². The molecule has 37 heavy (non-hydrogen) atoms. The third-order valence-electron chi connectivity index (χ3n) is 6.87. The van der Waals surface area contributed by atoms with Crippen LogP contribution in [-0.2, 0) is 4.79 Å². The first-order valence-corrected chi connectivity index (χ1v) is 12.4. The molecule has 0 bridgehead atoms. The number of benzene rings is 3. The first kappa shape index (κ1) is 24.6. The molecule has 1 amide bonds. The molecule has 190 valence electrons. The lowest BCUT2D eigenvalue weighted by molar-refractivity contribution is -0.135.